The second-order valence-electron chi connectivity index (χ2n) is 3.43. The maximum absolute atomic E-state index is 12.5. The number of amides is 1. The van der Waals surface area contributed by atoms with Gasteiger partial charge in [0.25, 0.3) is 11.8 Å². The van der Waals surface area contributed by atoms with Gasteiger partial charge in [0.15, 0.2) is 0 Å². The Morgan fingerprint density at radius 3 is 2.81 bits per heavy atom. The molecule has 16 heavy (non-hydrogen) atoms. The van der Waals surface area contributed by atoms with E-state index in [1.807, 2.05) is 0 Å². The summed E-state index contributed by atoms with van der Waals surface area (Å²) in [5.41, 5.74) is 0.255. The lowest BCUT2D eigenvalue weighted by Gasteiger charge is -2.38. The lowest BCUT2D eigenvalue weighted by Crippen LogP contribution is -2.58. The van der Waals surface area contributed by atoms with Gasteiger partial charge in [-0.2, -0.15) is 0 Å². The Morgan fingerprint density at radius 2 is 2.25 bits per heavy atom. The highest BCUT2D eigenvalue weighted by Crippen LogP contribution is 2.27. The molecule has 1 fully saturated rings. The van der Waals surface area contributed by atoms with Crippen molar-refractivity contribution in [2.45, 2.75) is 5.92 Å². The first-order chi connectivity index (χ1) is 7.52. The maximum atomic E-state index is 12.5. The highest BCUT2D eigenvalue weighted by atomic mass is 19.3. The Morgan fingerprint density at radius 1 is 1.56 bits per heavy atom. The Labute approximate surface area is 90.3 Å². The number of hydrogen-bond acceptors (Lipinski definition) is 3. The van der Waals surface area contributed by atoms with Crippen LogP contribution in [0.4, 0.5) is 8.78 Å². The molecule has 2 heterocycles. The molecule has 0 radical (unpaired) electrons. The van der Waals surface area contributed by atoms with Crippen molar-refractivity contribution in [1.82, 2.24) is 14.9 Å². The minimum Gasteiger partial charge on any atom is -0.324 e. The molecule has 0 atom stereocenters. The molecule has 0 aliphatic carbocycles. The molecular weight excluding hydrogens is 216 g/mol. The molecule has 6 heteroatoms. The third kappa shape index (κ3) is 1.84. The molecule has 0 saturated carbocycles. The third-order valence-electron chi connectivity index (χ3n) is 2.13. The first-order valence-corrected chi connectivity index (χ1v) is 4.48. The molecule has 1 saturated heterocycles. The molecule has 1 aromatic heterocycles. The summed E-state index contributed by atoms with van der Waals surface area (Å²) in [6.45, 7) is -1.18. The third-order valence-corrected chi connectivity index (χ3v) is 2.13. The molecule has 0 aromatic carbocycles. The topological polar surface area (TPSA) is 46.1 Å². The van der Waals surface area contributed by atoms with Crippen LogP contribution in [0.2, 0.25) is 0 Å². The highest BCUT2D eigenvalue weighted by Gasteiger charge is 2.47. The van der Waals surface area contributed by atoms with Crippen molar-refractivity contribution in [3.05, 3.63) is 23.8 Å². The zero-order chi connectivity index (χ0) is 11.8. The van der Waals surface area contributed by atoms with E-state index in [2.05, 4.69) is 15.9 Å². The van der Waals surface area contributed by atoms with Gasteiger partial charge in [0.05, 0.1) is 13.1 Å². The van der Waals surface area contributed by atoms with Gasteiger partial charge in [-0.3, -0.25) is 4.79 Å². The quantitative estimate of drug-likeness (QED) is 0.653. The lowest BCUT2D eigenvalue weighted by molar-refractivity contribution is -0.113. The normalized spacial score (nSPS) is 17.4. The summed E-state index contributed by atoms with van der Waals surface area (Å²) >= 11 is 0. The summed E-state index contributed by atoms with van der Waals surface area (Å²) in [6.07, 6.45) is 6.43. The second-order valence-corrected chi connectivity index (χ2v) is 3.43. The van der Waals surface area contributed by atoms with Gasteiger partial charge in [-0.1, -0.05) is 5.92 Å². The van der Waals surface area contributed by atoms with E-state index in [1.54, 1.807) is 0 Å². The second kappa shape index (κ2) is 3.52. The summed E-state index contributed by atoms with van der Waals surface area (Å²) in [5, 5.41) is 0. The van der Waals surface area contributed by atoms with Crippen molar-refractivity contribution >= 4 is 5.91 Å². The van der Waals surface area contributed by atoms with E-state index in [9.17, 15) is 13.6 Å². The molecule has 82 valence electrons. The molecule has 1 aliphatic rings. The van der Waals surface area contributed by atoms with Crippen molar-refractivity contribution in [2.24, 2.45) is 0 Å². The van der Waals surface area contributed by atoms with Crippen molar-refractivity contribution in [3.8, 4) is 12.3 Å². The van der Waals surface area contributed by atoms with Crippen LogP contribution in [-0.4, -0.2) is 39.8 Å². The van der Waals surface area contributed by atoms with Crippen LogP contribution in [0.5, 0.6) is 0 Å². The van der Waals surface area contributed by atoms with Crippen LogP contribution < -0.4 is 0 Å². The SMILES string of the molecule is C#Cc1ccnc(C(=O)N2CC(F)(F)C2)n1. The number of hydrogen-bond donors (Lipinski definition) is 0. The molecule has 0 N–H and O–H groups in total. The minimum absolute atomic E-state index is 0.147. The van der Waals surface area contributed by atoms with E-state index in [0.29, 0.717) is 0 Å². The molecule has 0 unspecified atom stereocenters. The predicted octanol–water partition coefficient (Wildman–Crippen LogP) is 0.549. The van der Waals surface area contributed by atoms with Crippen LogP contribution >= 0.6 is 0 Å². The van der Waals surface area contributed by atoms with Crippen LogP contribution in [0.3, 0.4) is 0 Å². The average Bonchev–Trinajstić information content (AvgIpc) is 2.25. The van der Waals surface area contributed by atoms with E-state index >= 15 is 0 Å². The minimum atomic E-state index is -2.79. The number of alkyl halides is 2. The number of rotatable bonds is 1. The Kier molecular flexibility index (Phi) is 2.31. The number of aromatic nitrogens is 2. The number of likely N-dealkylation sites (tertiary alicyclic amines) is 1. The van der Waals surface area contributed by atoms with Crippen molar-refractivity contribution in [3.63, 3.8) is 0 Å². The summed E-state index contributed by atoms with van der Waals surface area (Å²) < 4.78 is 25.1. The van der Waals surface area contributed by atoms with Crippen LogP contribution in [0.1, 0.15) is 16.3 Å². The fourth-order valence-corrected chi connectivity index (χ4v) is 1.34. The van der Waals surface area contributed by atoms with Crippen LogP contribution in [0, 0.1) is 12.3 Å². The lowest BCUT2D eigenvalue weighted by atomic mass is 10.1. The zero-order valence-electron chi connectivity index (χ0n) is 8.15. The number of halogens is 2. The first kappa shape index (κ1) is 10.5. The number of carbonyl (C=O) groups is 1. The van der Waals surface area contributed by atoms with E-state index in [0.717, 1.165) is 4.90 Å². The van der Waals surface area contributed by atoms with Crippen molar-refractivity contribution < 1.29 is 13.6 Å². The fraction of sp³-hybridized carbons (Fsp3) is 0.300. The van der Waals surface area contributed by atoms with Crippen LogP contribution in [0.15, 0.2) is 12.3 Å². The molecule has 1 aromatic rings. The monoisotopic (exact) mass is 223 g/mol. The van der Waals surface area contributed by atoms with E-state index in [-0.39, 0.29) is 11.5 Å². The number of nitrogens with zero attached hydrogens (tertiary/aromatic N) is 3. The first-order valence-electron chi connectivity index (χ1n) is 4.48. The summed E-state index contributed by atoms with van der Waals surface area (Å²) in [4.78, 5) is 20.0. The van der Waals surface area contributed by atoms with Gasteiger partial charge >= 0.3 is 0 Å². The maximum Gasteiger partial charge on any atom is 0.292 e. The van der Waals surface area contributed by atoms with Gasteiger partial charge in [0, 0.05) is 6.20 Å². The predicted molar refractivity (Wildman–Crippen MR) is 50.8 cm³/mol. The summed E-state index contributed by atoms with van der Waals surface area (Å²) in [5.74, 6) is -1.32. The fourth-order valence-electron chi connectivity index (χ4n) is 1.34. The highest BCUT2D eigenvalue weighted by molar-refractivity contribution is 5.91. The molecule has 2 rings (SSSR count). The molecular formula is C10H7F2N3O. The van der Waals surface area contributed by atoms with Gasteiger partial charge < -0.3 is 4.90 Å². The molecule has 0 bridgehead atoms. The molecule has 0 spiro atoms. The van der Waals surface area contributed by atoms with Gasteiger partial charge in [0.2, 0.25) is 5.82 Å². The van der Waals surface area contributed by atoms with Crippen LogP contribution in [-0.2, 0) is 0 Å². The Bertz CT molecular complexity index is 473. The summed E-state index contributed by atoms with van der Waals surface area (Å²) in [6, 6.07) is 1.46. The molecule has 1 amide bonds. The smallest absolute Gasteiger partial charge is 0.292 e. The van der Waals surface area contributed by atoms with Crippen molar-refractivity contribution in [1.29, 1.82) is 0 Å². The van der Waals surface area contributed by atoms with E-state index < -0.39 is 24.9 Å². The Balaban J connectivity index is 2.14. The zero-order valence-corrected chi connectivity index (χ0v) is 8.15. The van der Waals surface area contributed by atoms with E-state index in [1.165, 1.54) is 12.3 Å². The largest absolute Gasteiger partial charge is 0.324 e. The van der Waals surface area contributed by atoms with Gasteiger partial charge in [0.1, 0.15) is 5.69 Å². The van der Waals surface area contributed by atoms with E-state index in [4.69, 9.17) is 6.42 Å². The number of terminal acetylenes is 1. The average molecular weight is 223 g/mol. The van der Waals surface area contributed by atoms with Crippen LogP contribution in [0.25, 0.3) is 0 Å². The van der Waals surface area contributed by atoms with Gasteiger partial charge in [-0.05, 0) is 6.07 Å². The van der Waals surface area contributed by atoms with Gasteiger partial charge in [-0.25, -0.2) is 18.7 Å². The molecule has 4 nitrogen and oxygen atoms in total. The number of carbonyl (C=O) groups excluding carboxylic acids is 1. The Hall–Kier alpha value is -2.03. The summed E-state index contributed by atoms with van der Waals surface area (Å²) in [7, 11) is 0. The van der Waals surface area contributed by atoms with Gasteiger partial charge in [-0.15, -0.1) is 6.42 Å². The van der Waals surface area contributed by atoms with Crippen molar-refractivity contribution in [2.75, 3.05) is 13.1 Å². The molecule has 1 aliphatic heterocycles. The standard InChI is InChI=1S/C10H7F2N3O/c1-2-7-3-4-13-8(14-7)9(16)15-5-10(11,12)6-15/h1,3-4H,5-6H2.